The van der Waals surface area contributed by atoms with E-state index in [0.717, 1.165) is 19.3 Å². The molecule has 0 aliphatic heterocycles. The first kappa shape index (κ1) is 17.2. The Balaban J connectivity index is 1.85. The monoisotopic (exact) mass is 312 g/mol. The van der Waals surface area contributed by atoms with Gasteiger partial charge in [-0.05, 0) is 49.4 Å². The van der Waals surface area contributed by atoms with Crippen molar-refractivity contribution in [2.24, 2.45) is 5.92 Å². The van der Waals surface area contributed by atoms with Gasteiger partial charge >= 0.3 is 5.97 Å². The van der Waals surface area contributed by atoms with Crippen molar-refractivity contribution >= 4 is 22.5 Å². The van der Waals surface area contributed by atoms with Crippen molar-refractivity contribution in [3.8, 4) is 0 Å². The molecule has 0 aliphatic rings. The van der Waals surface area contributed by atoms with E-state index in [1.807, 2.05) is 12.1 Å². The molecule has 0 aliphatic carbocycles. The Labute approximate surface area is 137 Å². The van der Waals surface area contributed by atoms with Gasteiger partial charge in [-0.1, -0.05) is 48.9 Å². The molecule has 0 heterocycles. The van der Waals surface area contributed by atoms with Gasteiger partial charge in [0.05, 0.1) is 6.61 Å². The Morgan fingerprint density at radius 2 is 1.78 bits per heavy atom. The second kappa shape index (κ2) is 8.47. The summed E-state index contributed by atoms with van der Waals surface area (Å²) in [4.78, 5) is 23.3. The number of Topliss-reactive ketones (excluding diaryl/α,β-unsaturated/α-hetero) is 1. The maximum absolute atomic E-state index is 11.8. The van der Waals surface area contributed by atoms with Crippen molar-refractivity contribution in [1.29, 1.82) is 0 Å². The van der Waals surface area contributed by atoms with Crippen LogP contribution in [0.15, 0.2) is 42.5 Å². The molecule has 0 aromatic heterocycles. The quantitative estimate of drug-likeness (QED) is 0.414. The van der Waals surface area contributed by atoms with Crippen LogP contribution in [0.25, 0.3) is 10.8 Å². The lowest BCUT2D eigenvalue weighted by Gasteiger charge is -2.12. The zero-order chi connectivity index (χ0) is 16.7. The molecule has 23 heavy (non-hydrogen) atoms. The zero-order valence-electron chi connectivity index (χ0n) is 13.9. The van der Waals surface area contributed by atoms with E-state index in [0.29, 0.717) is 13.0 Å². The van der Waals surface area contributed by atoms with E-state index < -0.39 is 5.92 Å². The van der Waals surface area contributed by atoms with E-state index in [1.165, 1.54) is 23.3 Å². The van der Waals surface area contributed by atoms with Crippen LogP contribution in [0.1, 0.15) is 38.7 Å². The van der Waals surface area contributed by atoms with E-state index in [9.17, 15) is 9.59 Å². The molecule has 0 amide bonds. The molecule has 0 bridgehead atoms. The molecular weight excluding hydrogens is 288 g/mol. The van der Waals surface area contributed by atoms with Crippen LogP contribution in [0.2, 0.25) is 0 Å². The van der Waals surface area contributed by atoms with Gasteiger partial charge in [0.25, 0.3) is 0 Å². The second-order valence-corrected chi connectivity index (χ2v) is 5.84. The third-order valence-corrected chi connectivity index (χ3v) is 4.08. The van der Waals surface area contributed by atoms with Gasteiger partial charge in [0.15, 0.2) is 0 Å². The summed E-state index contributed by atoms with van der Waals surface area (Å²) in [6, 6.07) is 14.8. The highest BCUT2D eigenvalue weighted by Crippen LogP contribution is 2.18. The highest BCUT2D eigenvalue weighted by atomic mass is 16.5. The fraction of sp³-hybridized carbons (Fsp3) is 0.400. The molecule has 1 atom stereocenters. The number of ether oxygens (including phenoxy) is 1. The number of ketones is 1. The van der Waals surface area contributed by atoms with Crippen LogP contribution in [-0.2, 0) is 20.7 Å². The smallest absolute Gasteiger partial charge is 0.316 e. The molecule has 0 N–H and O–H groups in total. The van der Waals surface area contributed by atoms with E-state index in [2.05, 4.69) is 30.3 Å². The number of esters is 1. The predicted octanol–water partition coefficient (Wildman–Crippen LogP) is 4.32. The Kier molecular flexibility index (Phi) is 6.33. The molecule has 122 valence electrons. The van der Waals surface area contributed by atoms with Crippen LogP contribution < -0.4 is 0 Å². The molecule has 3 nitrogen and oxygen atoms in total. The molecule has 2 aromatic rings. The van der Waals surface area contributed by atoms with Gasteiger partial charge in [0, 0.05) is 0 Å². The summed E-state index contributed by atoms with van der Waals surface area (Å²) in [5.41, 5.74) is 1.29. The predicted molar refractivity (Wildman–Crippen MR) is 92.3 cm³/mol. The summed E-state index contributed by atoms with van der Waals surface area (Å²) < 4.78 is 4.97. The van der Waals surface area contributed by atoms with Crippen molar-refractivity contribution in [3.63, 3.8) is 0 Å². The highest BCUT2D eigenvalue weighted by molar-refractivity contribution is 5.97. The van der Waals surface area contributed by atoms with Crippen LogP contribution in [0.4, 0.5) is 0 Å². The third kappa shape index (κ3) is 4.92. The number of hydrogen-bond donors (Lipinski definition) is 0. The molecular formula is C20H24O3. The molecule has 0 saturated heterocycles. The first-order valence-corrected chi connectivity index (χ1v) is 8.26. The topological polar surface area (TPSA) is 43.4 Å². The van der Waals surface area contributed by atoms with Crippen molar-refractivity contribution in [1.82, 2.24) is 0 Å². The molecule has 0 fully saturated rings. The fourth-order valence-corrected chi connectivity index (χ4v) is 2.80. The number of aryl methyl sites for hydroxylation is 1. The van der Waals surface area contributed by atoms with Gasteiger partial charge in [-0.15, -0.1) is 0 Å². The van der Waals surface area contributed by atoms with Gasteiger partial charge < -0.3 is 4.74 Å². The summed E-state index contributed by atoms with van der Waals surface area (Å²) in [5, 5.41) is 2.49. The van der Waals surface area contributed by atoms with Gasteiger partial charge in [-0.25, -0.2) is 0 Å². The lowest BCUT2D eigenvalue weighted by atomic mass is 9.96. The molecule has 2 aromatic carbocycles. The largest absolute Gasteiger partial charge is 0.465 e. The number of fused-ring (bicyclic) bond motifs is 1. The molecule has 1 unspecified atom stereocenters. The molecule has 0 spiro atoms. The number of benzene rings is 2. The fourth-order valence-electron chi connectivity index (χ4n) is 2.80. The van der Waals surface area contributed by atoms with E-state index in [-0.39, 0.29) is 11.8 Å². The number of carbonyl (C=O) groups is 2. The van der Waals surface area contributed by atoms with E-state index >= 15 is 0 Å². The summed E-state index contributed by atoms with van der Waals surface area (Å²) >= 11 is 0. The summed E-state index contributed by atoms with van der Waals surface area (Å²) in [6.45, 7) is 3.54. The van der Waals surface area contributed by atoms with Gasteiger partial charge in [0.1, 0.15) is 11.7 Å². The minimum Gasteiger partial charge on any atom is -0.465 e. The van der Waals surface area contributed by atoms with Crippen LogP contribution in [0.3, 0.4) is 0 Å². The summed E-state index contributed by atoms with van der Waals surface area (Å²) in [5.74, 6) is -1.09. The first-order valence-electron chi connectivity index (χ1n) is 8.26. The van der Waals surface area contributed by atoms with E-state index in [1.54, 1.807) is 6.92 Å². The van der Waals surface area contributed by atoms with Crippen LogP contribution in [-0.4, -0.2) is 18.4 Å². The lowest BCUT2D eigenvalue weighted by Crippen LogP contribution is -2.24. The molecule has 0 saturated carbocycles. The summed E-state index contributed by atoms with van der Waals surface area (Å²) in [6.07, 6.45) is 3.33. The maximum atomic E-state index is 11.8. The van der Waals surface area contributed by atoms with Crippen LogP contribution in [0, 0.1) is 5.92 Å². The Bertz CT molecular complexity index is 675. The number of rotatable bonds is 8. The Morgan fingerprint density at radius 3 is 2.48 bits per heavy atom. The number of hydrogen-bond acceptors (Lipinski definition) is 3. The standard InChI is InChI=1S/C20H24O3/c1-3-23-20(22)19(15(2)21)11-7-4-8-16-12-13-17-9-5-6-10-18(17)14-16/h5-6,9-10,12-14,19H,3-4,7-8,11H2,1-2H3. The second-order valence-electron chi connectivity index (χ2n) is 5.84. The molecule has 0 radical (unpaired) electrons. The van der Waals surface area contributed by atoms with Gasteiger partial charge in [0.2, 0.25) is 0 Å². The van der Waals surface area contributed by atoms with Crippen molar-refractivity contribution in [2.75, 3.05) is 6.61 Å². The van der Waals surface area contributed by atoms with Gasteiger partial charge in [-0.3, -0.25) is 9.59 Å². The lowest BCUT2D eigenvalue weighted by molar-refractivity contribution is -0.151. The van der Waals surface area contributed by atoms with Crippen molar-refractivity contribution < 1.29 is 14.3 Å². The zero-order valence-corrected chi connectivity index (χ0v) is 13.9. The normalized spacial score (nSPS) is 12.1. The van der Waals surface area contributed by atoms with Gasteiger partial charge in [-0.2, -0.15) is 0 Å². The van der Waals surface area contributed by atoms with Crippen LogP contribution in [0.5, 0.6) is 0 Å². The van der Waals surface area contributed by atoms with Crippen LogP contribution >= 0.6 is 0 Å². The summed E-state index contributed by atoms with van der Waals surface area (Å²) in [7, 11) is 0. The van der Waals surface area contributed by atoms with E-state index in [4.69, 9.17) is 4.74 Å². The average molecular weight is 312 g/mol. The third-order valence-electron chi connectivity index (χ3n) is 4.08. The molecule has 2 rings (SSSR count). The Morgan fingerprint density at radius 1 is 1.04 bits per heavy atom. The average Bonchev–Trinajstić information content (AvgIpc) is 2.54. The maximum Gasteiger partial charge on any atom is 0.316 e. The number of unbranched alkanes of at least 4 members (excludes halogenated alkanes) is 1. The highest BCUT2D eigenvalue weighted by Gasteiger charge is 2.23. The Hall–Kier alpha value is -2.16. The molecule has 3 heteroatoms. The van der Waals surface area contributed by atoms with Crippen molar-refractivity contribution in [3.05, 3.63) is 48.0 Å². The SMILES string of the molecule is CCOC(=O)C(CCCCc1ccc2ccccc2c1)C(C)=O. The first-order chi connectivity index (χ1) is 11.1. The minimum absolute atomic E-state index is 0.103. The number of carbonyl (C=O) groups excluding carboxylic acids is 2. The minimum atomic E-state index is -0.605. The van der Waals surface area contributed by atoms with Crippen molar-refractivity contribution in [2.45, 2.75) is 39.5 Å².